The van der Waals surface area contributed by atoms with Gasteiger partial charge in [-0.1, -0.05) is 13.8 Å². The zero-order valence-corrected chi connectivity index (χ0v) is 9.36. The summed E-state index contributed by atoms with van der Waals surface area (Å²) in [4.78, 5) is 3.00. The van der Waals surface area contributed by atoms with E-state index in [1.807, 2.05) is 11.3 Å². The molecule has 1 nitrogen and oxygen atoms in total. The lowest BCUT2D eigenvalue weighted by molar-refractivity contribution is 0.654. The zero-order valence-electron chi connectivity index (χ0n) is 8.55. The molecule has 0 aliphatic rings. The van der Waals surface area contributed by atoms with Crippen molar-refractivity contribution in [2.24, 2.45) is 11.7 Å². The van der Waals surface area contributed by atoms with Crippen LogP contribution in [0.3, 0.4) is 0 Å². The second kappa shape index (κ2) is 5.40. The minimum Gasteiger partial charge on any atom is -0.330 e. The molecule has 0 spiro atoms. The van der Waals surface area contributed by atoms with Gasteiger partial charge in [0.1, 0.15) is 0 Å². The second-order valence-electron chi connectivity index (χ2n) is 3.86. The third-order valence-corrected chi connectivity index (χ3v) is 3.12. The molecular weight excluding hydrogens is 178 g/mol. The summed E-state index contributed by atoms with van der Waals surface area (Å²) >= 11 is 1.95. The van der Waals surface area contributed by atoms with Gasteiger partial charge in [0.25, 0.3) is 0 Å². The fraction of sp³-hybridized carbons (Fsp3) is 0.636. The van der Waals surface area contributed by atoms with Crippen LogP contribution >= 0.6 is 11.3 Å². The van der Waals surface area contributed by atoms with Crippen molar-refractivity contribution in [3.63, 3.8) is 0 Å². The monoisotopic (exact) mass is 197 g/mol. The number of nitrogens with two attached hydrogens (primary N) is 1. The van der Waals surface area contributed by atoms with Crippen LogP contribution in [0.2, 0.25) is 0 Å². The molecule has 13 heavy (non-hydrogen) atoms. The Labute approximate surface area is 85.0 Å². The lowest BCUT2D eigenvalue weighted by Gasteiger charge is -1.99. The predicted octanol–water partition coefficient (Wildman–Crippen LogP) is 2.84. The maximum absolute atomic E-state index is 5.47. The van der Waals surface area contributed by atoms with Gasteiger partial charge in [-0.3, -0.25) is 0 Å². The molecule has 0 aliphatic heterocycles. The van der Waals surface area contributed by atoms with Crippen LogP contribution < -0.4 is 5.73 Å². The second-order valence-corrected chi connectivity index (χ2v) is 5.11. The molecule has 0 saturated carbocycles. The first kappa shape index (κ1) is 10.7. The topological polar surface area (TPSA) is 26.0 Å². The van der Waals surface area contributed by atoms with Gasteiger partial charge >= 0.3 is 0 Å². The standard InChI is InChI=1S/C11H19NS/c1-9(2)8-11-6-5-10(13-11)4-3-7-12/h5-6,9H,3-4,7-8,12H2,1-2H3. The van der Waals surface area contributed by atoms with E-state index in [1.165, 1.54) is 16.2 Å². The summed E-state index contributed by atoms with van der Waals surface area (Å²) in [7, 11) is 0. The van der Waals surface area contributed by atoms with Crippen molar-refractivity contribution in [1.29, 1.82) is 0 Å². The van der Waals surface area contributed by atoms with E-state index in [0.29, 0.717) is 0 Å². The Kier molecular flexibility index (Phi) is 4.46. The van der Waals surface area contributed by atoms with Crippen molar-refractivity contribution >= 4 is 11.3 Å². The number of rotatable bonds is 5. The van der Waals surface area contributed by atoms with Gasteiger partial charge < -0.3 is 5.73 Å². The summed E-state index contributed by atoms with van der Waals surface area (Å²) in [6.45, 7) is 5.33. The van der Waals surface area contributed by atoms with Crippen molar-refractivity contribution < 1.29 is 0 Å². The van der Waals surface area contributed by atoms with Crippen molar-refractivity contribution in [2.75, 3.05) is 6.54 Å². The van der Waals surface area contributed by atoms with Gasteiger partial charge in [-0.15, -0.1) is 11.3 Å². The minimum atomic E-state index is 0.765. The Morgan fingerprint density at radius 3 is 2.62 bits per heavy atom. The molecule has 1 rings (SSSR count). The Bertz CT molecular complexity index is 240. The molecule has 0 aliphatic carbocycles. The Hall–Kier alpha value is -0.340. The Balaban J connectivity index is 2.44. The summed E-state index contributed by atoms with van der Waals surface area (Å²) in [6.07, 6.45) is 3.48. The number of thiophene rings is 1. The van der Waals surface area contributed by atoms with Crippen LogP contribution in [0.15, 0.2) is 12.1 Å². The molecule has 1 aromatic heterocycles. The van der Waals surface area contributed by atoms with Crippen LogP contribution in [0.4, 0.5) is 0 Å². The maximum Gasteiger partial charge on any atom is 0.00507 e. The molecule has 0 atom stereocenters. The molecule has 0 unspecified atom stereocenters. The molecule has 74 valence electrons. The van der Waals surface area contributed by atoms with Crippen LogP contribution in [0, 0.1) is 5.92 Å². The molecule has 0 amide bonds. The normalized spacial score (nSPS) is 11.1. The van der Waals surface area contributed by atoms with E-state index in [9.17, 15) is 0 Å². The van der Waals surface area contributed by atoms with E-state index in [0.717, 1.165) is 25.3 Å². The fourth-order valence-electron chi connectivity index (χ4n) is 1.35. The lowest BCUT2D eigenvalue weighted by atomic mass is 10.1. The highest BCUT2D eigenvalue weighted by Crippen LogP contribution is 2.20. The zero-order chi connectivity index (χ0) is 9.68. The van der Waals surface area contributed by atoms with E-state index in [4.69, 9.17) is 5.73 Å². The van der Waals surface area contributed by atoms with Crippen LogP contribution in [0.5, 0.6) is 0 Å². The minimum absolute atomic E-state index is 0.765. The van der Waals surface area contributed by atoms with Crippen molar-refractivity contribution in [2.45, 2.75) is 33.1 Å². The fourth-order valence-corrected chi connectivity index (χ4v) is 2.62. The van der Waals surface area contributed by atoms with Gasteiger partial charge in [0.2, 0.25) is 0 Å². The van der Waals surface area contributed by atoms with E-state index in [2.05, 4.69) is 26.0 Å². The van der Waals surface area contributed by atoms with Crippen LogP contribution in [0.1, 0.15) is 30.0 Å². The first-order chi connectivity index (χ1) is 6.22. The van der Waals surface area contributed by atoms with Gasteiger partial charge in [-0.2, -0.15) is 0 Å². The van der Waals surface area contributed by atoms with Gasteiger partial charge in [0, 0.05) is 9.75 Å². The summed E-state index contributed by atoms with van der Waals surface area (Å²) in [5.74, 6) is 0.765. The summed E-state index contributed by atoms with van der Waals surface area (Å²) in [5.41, 5.74) is 5.47. The van der Waals surface area contributed by atoms with Crippen LogP contribution in [0.25, 0.3) is 0 Å². The first-order valence-electron chi connectivity index (χ1n) is 5.00. The molecule has 0 saturated heterocycles. The molecule has 2 N–H and O–H groups in total. The van der Waals surface area contributed by atoms with Crippen LogP contribution in [-0.2, 0) is 12.8 Å². The summed E-state index contributed by atoms with van der Waals surface area (Å²) in [5, 5.41) is 0. The number of hydrogen-bond acceptors (Lipinski definition) is 2. The molecule has 1 aromatic rings. The van der Waals surface area contributed by atoms with Gasteiger partial charge in [-0.25, -0.2) is 0 Å². The quantitative estimate of drug-likeness (QED) is 0.771. The van der Waals surface area contributed by atoms with E-state index >= 15 is 0 Å². The first-order valence-corrected chi connectivity index (χ1v) is 5.81. The summed E-state index contributed by atoms with van der Waals surface area (Å²) in [6, 6.07) is 4.51. The molecule has 0 aromatic carbocycles. The van der Waals surface area contributed by atoms with Gasteiger partial charge in [-0.05, 0) is 43.9 Å². The average molecular weight is 197 g/mol. The molecule has 0 radical (unpaired) electrons. The van der Waals surface area contributed by atoms with Crippen molar-refractivity contribution in [3.05, 3.63) is 21.9 Å². The largest absolute Gasteiger partial charge is 0.330 e. The Morgan fingerprint density at radius 1 is 1.31 bits per heavy atom. The highest BCUT2D eigenvalue weighted by molar-refractivity contribution is 7.11. The molecule has 0 fully saturated rings. The van der Waals surface area contributed by atoms with Crippen molar-refractivity contribution in [3.8, 4) is 0 Å². The SMILES string of the molecule is CC(C)Cc1ccc(CCCN)s1. The maximum atomic E-state index is 5.47. The molecule has 2 heteroatoms. The third-order valence-electron chi connectivity index (χ3n) is 1.95. The summed E-state index contributed by atoms with van der Waals surface area (Å²) < 4.78 is 0. The highest BCUT2D eigenvalue weighted by Gasteiger charge is 2.01. The van der Waals surface area contributed by atoms with Crippen molar-refractivity contribution in [1.82, 2.24) is 0 Å². The average Bonchev–Trinajstić information content (AvgIpc) is 2.48. The van der Waals surface area contributed by atoms with Gasteiger partial charge in [0.15, 0.2) is 0 Å². The van der Waals surface area contributed by atoms with E-state index in [1.54, 1.807) is 0 Å². The highest BCUT2D eigenvalue weighted by atomic mass is 32.1. The molecule has 1 heterocycles. The van der Waals surface area contributed by atoms with Gasteiger partial charge in [0.05, 0.1) is 0 Å². The molecule has 0 bridgehead atoms. The van der Waals surface area contributed by atoms with E-state index in [-0.39, 0.29) is 0 Å². The number of aryl methyl sites for hydroxylation is 1. The number of hydrogen-bond donors (Lipinski definition) is 1. The molecular formula is C11H19NS. The lowest BCUT2D eigenvalue weighted by Crippen LogP contribution is -1.99. The third kappa shape index (κ3) is 3.92. The Morgan fingerprint density at radius 2 is 2.00 bits per heavy atom. The van der Waals surface area contributed by atoms with Crippen LogP contribution in [-0.4, -0.2) is 6.54 Å². The predicted molar refractivity (Wildman–Crippen MR) is 60.2 cm³/mol. The smallest absolute Gasteiger partial charge is 0.00507 e. The van der Waals surface area contributed by atoms with E-state index < -0.39 is 0 Å².